The van der Waals surface area contributed by atoms with Gasteiger partial charge in [0.25, 0.3) is 5.91 Å². The van der Waals surface area contributed by atoms with Gasteiger partial charge >= 0.3 is 20.4 Å². The van der Waals surface area contributed by atoms with Crippen LogP contribution >= 0.6 is 0 Å². The molecule has 2 aromatic carbocycles. The van der Waals surface area contributed by atoms with Crippen molar-refractivity contribution in [2.24, 2.45) is 0 Å². The van der Waals surface area contributed by atoms with Gasteiger partial charge < -0.3 is 10.1 Å². The molecule has 6 heteroatoms. The van der Waals surface area contributed by atoms with E-state index in [1.165, 1.54) is 0 Å². The van der Waals surface area contributed by atoms with Gasteiger partial charge in [-0.15, -0.1) is 0 Å². The summed E-state index contributed by atoms with van der Waals surface area (Å²) in [6.45, 7) is 2.76. The monoisotopic (exact) mass is 517 g/mol. The number of benzene rings is 2. The molecule has 0 aliphatic heterocycles. The Hall–Kier alpha value is -3.07. The quantitative estimate of drug-likeness (QED) is 0.260. The average molecular weight is 518 g/mol. The third-order valence-corrected chi connectivity index (χ3v) is 5.29. The van der Waals surface area contributed by atoms with Gasteiger partial charge in [0, 0.05) is 40.8 Å². The van der Waals surface area contributed by atoms with Gasteiger partial charge in [0.05, 0.1) is 18.5 Å². The van der Waals surface area contributed by atoms with Crippen molar-refractivity contribution in [3.8, 4) is 28.3 Å². The number of aromatic nitrogens is 2. The molecule has 0 aliphatic rings. The fourth-order valence-electron chi connectivity index (χ4n) is 3.78. The Morgan fingerprint density at radius 1 is 0.938 bits per heavy atom. The molecule has 4 rings (SSSR count). The number of methoxy groups -OCH3 is 1. The molecule has 0 saturated carbocycles. The van der Waals surface area contributed by atoms with Crippen molar-refractivity contribution in [2.75, 3.05) is 13.7 Å². The SMILES string of the molecule is CCCCNC(=O)c1cccc2c(OC)ccc(-c3cccnc3-c3ccccn3)c12.[Pd+2]. The standard InChI is InChI=1S/C26H25N3O2.Pd/c1-3-4-15-29-26(30)21-10-7-9-20-23(31-2)14-13-18(24(20)21)19-11-8-17-28-25(19)22-12-5-6-16-27-22;/h5-14,16-17H,3-4,15H2,1-2H3,(H,29,30);/q;+2. The van der Waals surface area contributed by atoms with Crippen LogP contribution in [0.25, 0.3) is 33.3 Å². The molecule has 0 unspecified atom stereocenters. The molecular formula is C26H25N3O2Pd+2. The Morgan fingerprint density at radius 3 is 2.53 bits per heavy atom. The Labute approximate surface area is 201 Å². The molecule has 0 fully saturated rings. The molecule has 5 nitrogen and oxygen atoms in total. The third kappa shape index (κ3) is 4.72. The zero-order chi connectivity index (χ0) is 21.6. The number of hydrogen-bond acceptors (Lipinski definition) is 4. The Morgan fingerprint density at radius 2 is 1.78 bits per heavy atom. The zero-order valence-electron chi connectivity index (χ0n) is 18.1. The molecule has 0 bridgehead atoms. The normalized spacial score (nSPS) is 10.4. The van der Waals surface area contributed by atoms with E-state index >= 15 is 0 Å². The minimum absolute atomic E-state index is 0. The molecule has 0 saturated heterocycles. The number of fused-ring (bicyclic) bond motifs is 1. The van der Waals surface area contributed by atoms with Crippen molar-refractivity contribution in [3.63, 3.8) is 0 Å². The van der Waals surface area contributed by atoms with Crippen molar-refractivity contribution >= 4 is 16.7 Å². The summed E-state index contributed by atoms with van der Waals surface area (Å²) < 4.78 is 5.61. The summed E-state index contributed by atoms with van der Waals surface area (Å²) in [5.41, 5.74) is 4.02. The number of nitrogens with zero attached hydrogens (tertiary/aromatic N) is 2. The van der Waals surface area contributed by atoms with E-state index in [1.54, 1.807) is 19.5 Å². The second-order valence-corrected chi connectivity index (χ2v) is 7.27. The number of carbonyl (C=O) groups is 1. The summed E-state index contributed by atoms with van der Waals surface area (Å²) in [6, 6.07) is 19.4. The van der Waals surface area contributed by atoms with Crippen LogP contribution in [-0.2, 0) is 20.4 Å². The molecular weight excluding hydrogens is 493 g/mol. The number of nitrogens with one attached hydrogen (secondary N) is 1. The van der Waals surface area contributed by atoms with Crippen LogP contribution in [0.4, 0.5) is 0 Å². The van der Waals surface area contributed by atoms with Gasteiger partial charge in [-0.05, 0) is 48.4 Å². The van der Waals surface area contributed by atoms with Crippen LogP contribution < -0.4 is 10.1 Å². The molecule has 32 heavy (non-hydrogen) atoms. The smallest absolute Gasteiger partial charge is 0.496 e. The van der Waals surface area contributed by atoms with E-state index in [1.807, 2.05) is 60.7 Å². The second kappa shape index (κ2) is 11.0. The topological polar surface area (TPSA) is 64.1 Å². The second-order valence-electron chi connectivity index (χ2n) is 7.27. The van der Waals surface area contributed by atoms with Crippen molar-refractivity contribution in [2.45, 2.75) is 19.8 Å². The van der Waals surface area contributed by atoms with Crippen LogP contribution in [0, 0.1) is 0 Å². The summed E-state index contributed by atoms with van der Waals surface area (Å²) in [4.78, 5) is 22.2. The third-order valence-electron chi connectivity index (χ3n) is 5.29. The maximum Gasteiger partial charge on any atom is 2.00 e. The first-order valence-electron chi connectivity index (χ1n) is 10.5. The van der Waals surface area contributed by atoms with Crippen LogP contribution in [0.15, 0.2) is 73.1 Å². The van der Waals surface area contributed by atoms with Crippen LogP contribution in [0.5, 0.6) is 5.75 Å². The number of unbranched alkanes of at least 4 members (excludes halogenated alkanes) is 1. The summed E-state index contributed by atoms with van der Waals surface area (Å²) >= 11 is 0. The van der Waals surface area contributed by atoms with Gasteiger partial charge in [0.15, 0.2) is 0 Å². The molecule has 1 amide bonds. The van der Waals surface area contributed by atoms with Gasteiger partial charge in [-0.1, -0.05) is 37.6 Å². The molecule has 0 atom stereocenters. The number of hydrogen-bond donors (Lipinski definition) is 1. The molecule has 2 heterocycles. The first-order valence-corrected chi connectivity index (χ1v) is 10.5. The number of carbonyl (C=O) groups excluding carboxylic acids is 1. The minimum atomic E-state index is -0.0863. The molecule has 1 N–H and O–H groups in total. The van der Waals surface area contributed by atoms with E-state index < -0.39 is 0 Å². The van der Waals surface area contributed by atoms with E-state index in [0.717, 1.165) is 51.9 Å². The minimum Gasteiger partial charge on any atom is -0.496 e. The first-order chi connectivity index (χ1) is 15.2. The van der Waals surface area contributed by atoms with Gasteiger partial charge in [0.2, 0.25) is 0 Å². The van der Waals surface area contributed by atoms with Crippen molar-refractivity contribution in [1.29, 1.82) is 0 Å². The summed E-state index contributed by atoms with van der Waals surface area (Å²) in [5, 5.41) is 4.78. The van der Waals surface area contributed by atoms with Gasteiger partial charge in [-0.2, -0.15) is 0 Å². The first kappa shape index (κ1) is 23.6. The van der Waals surface area contributed by atoms with E-state index in [0.29, 0.717) is 12.1 Å². The van der Waals surface area contributed by atoms with Crippen molar-refractivity contribution < 1.29 is 30.0 Å². The van der Waals surface area contributed by atoms with Crippen molar-refractivity contribution in [3.05, 3.63) is 78.6 Å². The van der Waals surface area contributed by atoms with E-state index in [9.17, 15) is 4.79 Å². The van der Waals surface area contributed by atoms with Crippen LogP contribution in [0.1, 0.15) is 30.1 Å². The van der Waals surface area contributed by atoms with Gasteiger partial charge in [-0.3, -0.25) is 14.8 Å². The van der Waals surface area contributed by atoms with E-state index in [2.05, 4.69) is 22.2 Å². The average Bonchev–Trinajstić information content (AvgIpc) is 2.83. The number of amides is 1. The summed E-state index contributed by atoms with van der Waals surface area (Å²) in [6.07, 6.45) is 5.49. The molecule has 0 spiro atoms. The Bertz CT molecular complexity index is 1210. The number of pyridine rings is 2. The molecule has 164 valence electrons. The Kier molecular flexibility index (Phi) is 8.10. The Balaban J connectivity index is 0.00000289. The predicted molar refractivity (Wildman–Crippen MR) is 124 cm³/mol. The maximum atomic E-state index is 13.1. The van der Waals surface area contributed by atoms with Crippen LogP contribution in [-0.4, -0.2) is 29.5 Å². The number of ether oxygens (including phenoxy) is 1. The van der Waals surface area contributed by atoms with Gasteiger partial charge in [0.1, 0.15) is 5.75 Å². The maximum absolute atomic E-state index is 13.1. The largest absolute Gasteiger partial charge is 2.00 e. The molecule has 2 aromatic heterocycles. The summed E-state index contributed by atoms with van der Waals surface area (Å²) in [7, 11) is 1.64. The van der Waals surface area contributed by atoms with Crippen LogP contribution in [0.3, 0.4) is 0 Å². The molecule has 4 aromatic rings. The van der Waals surface area contributed by atoms with Gasteiger partial charge in [-0.25, -0.2) is 0 Å². The predicted octanol–water partition coefficient (Wildman–Crippen LogP) is 5.50. The number of rotatable bonds is 7. The zero-order valence-corrected chi connectivity index (χ0v) is 19.6. The summed E-state index contributed by atoms with van der Waals surface area (Å²) in [5.74, 6) is 0.641. The van der Waals surface area contributed by atoms with Crippen LogP contribution in [0.2, 0.25) is 0 Å². The van der Waals surface area contributed by atoms with E-state index in [-0.39, 0.29) is 26.3 Å². The molecule has 0 radical (unpaired) electrons. The fraction of sp³-hybridized carbons (Fsp3) is 0.192. The van der Waals surface area contributed by atoms with Crippen molar-refractivity contribution in [1.82, 2.24) is 15.3 Å². The molecule has 0 aliphatic carbocycles. The fourth-order valence-corrected chi connectivity index (χ4v) is 3.78. The van der Waals surface area contributed by atoms with E-state index in [4.69, 9.17) is 4.74 Å².